The highest BCUT2D eigenvalue weighted by Gasteiger charge is 2.27. The molecule has 3 rings (SSSR count). The molecule has 0 saturated carbocycles. The Hall–Kier alpha value is -1.62. The fraction of sp³-hybridized carbons (Fsp3) is 0.188. The molecule has 2 aromatic rings. The van der Waals surface area contributed by atoms with Crippen LogP contribution in [0.2, 0.25) is 15.1 Å². The second-order valence-electron chi connectivity index (χ2n) is 5.20. The van der Waals surface area contributed by atoms with E-state index in [9.17, 15) is 4.79 Å². The van der Waals surface area contributed by atoms with Crippen LogP contribution in [0.1, 0.15) is 5.56 Å². The van der Waals surface area contributed by atoms with E-state index in [0.29, 0.717) is 27.2 Å². The van der Waals surface area contributed by atoms with Crippen LogP contribution < -0.4 is 10.1 Å². The summed E-state index contributed by atoms with van der Waals surface area (Å²) in [6.45, 7) is 0.204. The number of ether oxygens (including phenoxy) is 1. The molecule has 0 saturated heterocycles. The largest absolute Gasteiger partial charge is 0.487 e. The van der Waals surface area contributed by atoms with Crippen LogP contribution in [0.4, 0.5) is 4.79 Å². The van der Waals surface area contributed by atoms with Crippen LogP contribution in [-0.2, 0) is 6.42 Å². The first-order valence-corrected chi connectivity index (χ1v) is 7.98. The van der Waals surface area contributed by atoms with Crippen molar-refractivity contribution in [2.75, 3.05) is 6.54 Å². The van der Waals surface area contributed by atoms with Gasteiger partial charge in [0.2, 0.25) is 0 Å². The van der Waals surface area contributed by atoms with E-state index < -0.39 is 6.09 Å². The van der Waals surface area contributed by atoms with E-state index in [0.717, 1.165) is 16.7 Å². The van der Waals surface area contributed by atoms with Crippen molar-refractivity contribution in [1.29, 1.82) is 0 Å². The van der Waals surface area contributed by atoms with E-state index in [1.165, 1.54) is 0 Å². The molecule has 1 unspecified atom stereocenters. The minimum Gasteiger partial charge on any atom is -0.487 e. The van der Waals surface area contributed by atoms with Crippen molar-refractivity contribution in [3.8, 4) is 16.9 Å². The predicted molar refractivity (Wildman–Crippen MR) is 91.1 cm³/mol. The van der Waals surface area contributed by atoms with Crippen LogP contribution in [0.5, 0.6) is 5.75 Å². The van der Waals surface area contributed by atoms with Crippen molar-refractivity contribution in [3.63, 3.8) is 0 Å². The molecule has 0 radical (unpaired) electrons. The van der Waals surface area contributed by atoms with Crippen LogP contribution in [0.25, 0.3) is 11.1 Å². The SMILES string of the molecule is O=C(O)NCC1Cc2cc(Cl)cc(-c3ccc(Cl)cc3Cl)c2O1. The summed E-state index contributed by atoms with van der Waals surface area (Å²) in [6.07, 6.45) is -0.776. The fourth-order valence-electron chi connectivity index (χ4n) is 2.62. The number of fused-ring (bicyclic) bond motifs is 1. The van der Waals surface area contributed by atoms with Crippen LogP contribution in [0.3, 0.4) is 0 Å². The molecule has 1 atom stereocenters. The summed E-state index contributed by atoms with van der Waals surface area (Å²) in [5, 5.41) is 12.7. The molecule has 0 aliphatic carbocycles. The topological polar surface area (TPSA) is 58.6 Å². The molecule has 23 heavy (non-hydrogen) atoms. The van der Waals surface area contributed by atoms with Crippen LogP contribution in [0, 0.1) is 0 Å². The van der Waals surface area contributed by atoms with E-state index in [4.69, 9.17) is 44.6 Å². The summed E-state index contributed by atoms with van der Waals surface area (Å²) in [6, 6.07) is 8.81. The van der Waals surface area contributed by atoms with Gasteiger partial charge in [-0.05, 0) is 24.3 Å². The Morgan fingerprint density at radius 3 is 2.65 bits per heavy atom. The summed E-state index contributed by atoms with van der Waals surface area (Å²) in [5.74, 6) is 0.677. The first-order chi connectivity index (χ1) is 10.9. The molecule has 1 heterocycles. The number of rotatable bonds is 3. The van der Waals surface area contributed by atoms with Crippen molar-refractivity contribution < 1.29 is 14.6 Å². The van der Waals surface area contributed by atoms with Gasteiger partial charge in [0.25, 0.3) is 0 Å². The van der Waals surface area contributed by atoms with Gasteiger partial charge in [0, 0.05) is 33.2 Å². The zero-order valence-corrected chi connectivity index (χ0v) is 14.0. The molecule has 120 valence electrons. The summed E-state index contributed by atoms with van der Waals surface area (Å²) < 4.78 is 5.91. The Morgan fingerprint density at radius 1 is 1.17 bits per heavy atom. The van der Waals surface area contributed by atoms with E-state index in [1.54, 1.807) is 18.2 Å². The van der Waals surface area contributed by atoms with E-state index in [2.05, 4.69) is 5.32 Å². The number of benzene rings is 2. The quantitative estimate of drug-likeness (QED) is 0.807. The third-order valence-corrected chi connectivity index (χ3v) is 4.33. The van der Waals surface area contributed by atoms with Gasteiger partial charge in [0.1, 0.15) is 11.9 Å². The minimum absolute atomic E-state index is 0.204. The van der Waals surface area contributed by atoms with Crippen molar-refractivity contribution in [2.45, 2.75) is 12.5 Å². The molecule has 2 aromatic carbocycles. The maximum absolute atomic E-state index is 10.6. The van der Waals surface area contributed by atoms with E-state index in [1.807, 2.05) is 12.1 Å². The summed E-state index contributed by atoms with van der Waals surface area (Å²) in [4.78, 5) is 10.6. The zero-order chi connectivity index (χ0) is 16.6. The van der Waals surface area contributed by atoms with Gasteiger partial charge < -0.3 is 15.2 Å². The number of nitrogens with one attached hydrogen (secondary N) is 1. The average Bonchev–Trinajstić information content (AvgIpc) is 2.87. The molecular weight excluding hydrogens is 361 g/mol. The molecule has 1 amide bonds. The number of hydrogen-bond acceptors (Lipinski definition) is 2. The molecular formula is C16H12Cl3NO3. The maximum Gasteiger partial charge on any atom is 0.404 e. The van der Waals surface area contributed by atoms with Gasteiger partial charge in [0.15, 0.2) is 0 Å². The second kappa shape index (κ2) is 6.48. The smallest absolute Gasteiger partial charge is 0.404 e. The molecule has 0 aromatic heterocycles. The van der Waals surface area contributed by atoms with Crippen LogP contribution in [0.15, 0.2) is 30.3 Å². The van der Waals surface area contributed by atoms with Crippen LogP contribution in [-0.4, -0.2) is 23.8 Å². The normalized spacial score (nSPS) is 15.9. The summed E-state index contributed by atoms with van der Waals surface area (Å²) >= 11 is 18.4. The minimum atomic E-state index is -1.08. The maximum atomic E-state index is 10.6. The third-order valence-electron chi connectivity index (χ3n) is 3.56. The Kier molecular flexibility index (Phi) is 4.57. The summed E-state index contributed by atoms with van der Waals surface area (Å²) in [5.41, 5.74) is 2.46. The Bertz CT molecular complexity index is 779. The van der Waals surface area contributed by atoms with Gasteiger partial charge in [0.05, 0.1) is 11.6 Å². The third kappa shape index (κ3) is 3.50. The number of carbonyl (C=O) groups is 1. The van der Waals surface area contributed by atoms with Gasteiger partial charge in [-0.3, -0.25) is 0 Å². The van der Waals surface area contributed by atoms with Gasteiger partial charge >= 0.3 is 6.09 Å². The lowest BCUT2D eigenvalue weighted by atomic mass is 10.0. The van der Waals surface area contributed by atoms with Crippen molar-refractivity contribution >= 4 is 40.9 Å². The van der Waals surface area contributed by atoms with Gasteiger partial charge in [-0.1, -0.05) is 40.9 Å². The van der Waals surface area contributed by atoms with Gasteiger partial charge in [-0.2, -0.15) is 0 Å². The first kappa shape index (κ1) is 16.2. The van der Waals surface area contributed by atoms with Crippen molar-refractivity contribution in [2.24, 2.45) is 0 Å². The van der Waals surface area contributed by atoms with Crippen molar-refractivity contribution in [3.05, 3.63) is 51.0 Å². The molecule has 0 bridgehead atoms. The molecule has 7 heteroatoms. The van der Waals surface area contributed by atoms with E-state index in [-0.39, 0.29) is 12.6 Å². The lowest BCUT2D eigenvalue weighted by molar-refractivity contribution is 0.181. The molecule has 0 spiro atoms. The average molecular weight is 373 g/mol. The van der Waals surface area contributed by atoms with Crippen LogP contribution >= 0.6 is 34.8 Å². The lowest BCUT2D eigenvalue weighted by Gasteiger charge is -2.13. The predicted octanol–water partition coefficient (Wildman–Crippen LogP) is 4.88. The molecule has 2 N–H and O–H groups in total. The van der Waals surface area contributed by atoms with E-state index >= 15 is 0 Å². The molecule has 0 fully saturated rings. The lowest BCUT2D eigenvalue weighted by Crippen LogP contribution is -2.33. The zero-order valence-electron chi connectivity index (χ0n) is 11.8. The first-order valence-electron chi connectivity index (χ1n) is 6.85. The van der Waals surface area contributed by atoms with Crippen molar-refractivity contribution in [1.82, 2.24) is 5.32 Å². The van der Waals surface area contributed by atoms with Gasteiger partial charge in [-0.25, -0.2) is 4.79 Å². The molecule has 1 aliphatic rings. The standard InChI is InChI=1S/C16H12Cl3NO3/c17-9-1-2-12(14(19)6-9)13-5-10(18)3-8-4-11(23-15(8)13)7-20-16(21)22/h1-3,5-6,11,20H,4,7H2,(H,21,22). The monoisotopic (exact) mass is 371 g/mol. The second-order valence-corrected chi connectivity index (χ2v) is 6.48. The highest BCUT2D eigenvalue weighted by atomic mass is 35.5. The summed E-state index contributed by atoms with van der Waals surface area (Å²) in [7, 11) is 0. The Labute approximate surface area is 147 Å². The number of carboxylic acid groups (broad SMARTS) is 1. The fourth-order valence-corrected chi connectivity index (χ4v) is 3.37. The highest BCUT2D eigenvalue weighted by Crippen LogP contribution is 2.43. The Balaban J connectivity index is 1.97. The Morgan fingerprint density at radius 2 is 1.96 bits per heavy atom. The number of halogens is 3. The number of hydrogen-bond donors (Lipinski definition) is 2. The number of amides is 1. The molecule has 1 aliphatic heterocycles. The highest BCUT2D eigenvalue weighted by molar-refractivity contribution is 6.36. The molecule has 4 nitrogen and oxygen atoms in total. The van der Waals surface area contributed by atoms with Gasteiger partial charge in [-0.15, -0.1) is 0 Å².